The molecular formula is C40H44Cl2N2O6. The lowest BCUT2D eigenvalue weighted by Crippen LogP contribution is -2.79. The fraction of sp³-hybridized carbons (Fsp3) is 0.475. The highest BCUT2D eigenvalue weighted by Crippen LogP contribution is 2.67. The molecular weight excluding hydrogens is 675 g/mol. The van der Waals surface area contributed by atoms with E-state index in [1.807, 2.05) is 29.2 Å². The number of hydrogen-bond acceptors (Lipinski definition) is 7. The number of piperidine rings is 1. The summed E-state index contributed by atoms with van der Waals surface area (Å²) in [6, 6.07) is 19.2. The Morgan fingerprint density at radius 2 is 1.76 bits per heavy atom. The van der Waals surface area contributed by atoms with Gasteiger partial charge in [0.25, 0.3) is 0 Å². The lowest BCUT2D eigenvalue weighted by Gasteiger charge is -2.65. The van der Waals surface area contributed by atoms with Crippen LogP contribution in [0.25, 0.3) is 0 Å². The predicted molar refractivity (Wildman–Crippen MR) is 192 cm³/mol. The fourth-order valence-electron chi connectivity index (χ4n) is 9.51. The molecule has 0 unspecified atom stereocenters. The molecule has 0 aromatic heterocycles. The first-order valence-electron chi connectivity index (χ1n) is 17.7. The SMILES string of the molecule is CC(=O)Oc1ccc2c3c1O[C@H]1[C@@H](N(CC(C)C)C(=O)Cc4ccc(Cl)c(Cl)c4)CC[C@@]4(OC(C)=O)[C@@H](C2)N(CCc2ccccc2)CC[C@]314. The molecule has 2 aliphatic heterocycles. The molecule has 0 radical (unpaired) electrons. The summed E-state index contributed by atoms with van der Waals surface area (Å²) >= 11 is 12.5. The smallest absolute Gasteiger partial charge is 0.308 e. The second kappa shape index (κ2) is 13.5. The van der Waals surface area contributed by atoms with Crippen LogP contribution in [0.5, 0.6) is 11.5 Å². The number of likely N-dealkylation sites (tertiary alicyclic amines) is 1. The fourth-order valence-corrected chi connectivity index (χ4v) is 9.83. The number of carbonyl (C=O) groups is 3. The number of hydrogen-bond donors (Lipinski definition) is 0. The van der Waals surface area contributed by atoms with Crippen LogP contribution in [-0.2, 0) is 43.8 Å². The van der Waals surface area contributed by atoms with Gasteiger partial charge < -0.3 is 19.1 Å². The molecule has 0 N–H and O–H groups in total. The van der Waals surface area contributed by atoms with E-state index < -0.39 is 23.1 Å². The molecule has 3 aromatic carbocycles. The summed E-state index contributed by atoms with van der Waals surface area (Å²) in [6.07, 6.45) is 2.96. The van der Waals surface area contributed by atoms with E-state index in [2.05, 4.69) is 43.0 Å². The van der Waals surface area contributed by atoms with Crippen LogP contribution < -0.4 is 9.47 Å². The average Bonchev–Trinajstić information content (AvgIpc) is 3.42. The van der Waals surface area contributed by atoms with Crippen molar-refractivity contribution in [1.82, 2.24) is 9.80 Å². The summed E-state index contributed by atoms with van der Waals surface area (Å²) in [5.74, 6) is 0.259. The van der Waals surface area contributed by atoms with Gasteiger partial charge in [-0.25, -0.2) is 0 Å². The summed E-state index contributed by atoms with van der Waals surface area (Å²) in [5.41, 5.74) is 2.45. The zero-order chi connectivity index (χ0) is 35.4. The average molecular weight is 720 g/mol. The number of halogens is 2. The van der Waals surface area contributed by atoms with Crippen molar-refractivity contribution in [2.45, 2.75) is 95.4 Å². The Balaban J connectivity index is 1.33. The summed E-state index contributed by atoms with van der Waals surface area (Å²) < 4.78 is 19.5. The molecule has 1 amide bonds. The van der Waals surface area contributed by atoms with Crippen LogP contribution in [0.3, 0.4) is 0 Å². The van der Waals surface area contributed by atoms with Crippen molar-refractivity contribution in [3.8, 4) is 11.5 Å². The van der Waals surface area contributed by atoms with Crippen LogP contribution in [0, 0.1) is 5.92 Å². The molecule has 2 bridgehead atoms. The number of esters is 2. The Morgan fingerprint density at radius 3 is 2.46 bits per heavy atom. The third kappa shape index (κ3) is 5.87. The van der Waals surface area contributed by atoms with Crippen molar-refractivity contribution < 1.29 is 28.6 Å². The summed E-state index contributed by atoms with van der Waals surface area (Å²) in [6.45, 7) is 9.19. The van der Waals surface area contributed by atoms with Gasteiger partial charge >= 0.3 is 11.9 Å². The number of rotatable bonds is 10. The van der Waals surface area contributed by atoms with E-state index in [1.165, 1.54) is 19.4 Å². The van der Waals surface area contributed by atoms with E-state index in [0.29, 0.717) is 53.8 Å². The Bertz CT molecular complexity index is 1820. The highest BCUT2D eigenvalue weighted by atomic mass is 35.5. The minimum Gasteiger partial charge on any atom is -0.483 e. The molecule has 3 aromatic rings. The molecule has 50 heavy (non-hydrogen) atoms. The van der Waals surface area contributed by atoms with Crippen molar-refractivity contribution in [2.24, 2.45) is 5.92 Å². The van der Waals surface area contributed by atoms with Crippen LogP contribution >= 0.6 is 23.2 Å². The lowest BCUT2D eigenvalue weighted by atomic mass is 9.48. The third-order valence-corrected chi connectivity index (χ3v) is 12.0. The minimum absolute atomic E-state index is 0.0360. The van der Waals surface area contributed by atoms with Gasteiger partial charge in [0.2, 0.25) is 5.91 Å². The van der Waals surface area contributed by atoms with Gasteiger partial charge in [-0.15, -0.1) is 0 Å². The maximum atomic E-state index is 14.4. The Labute approximate surface area is 304 Å². The second-order valence-electron chi connectivity index (χ2n) is 14.7. The van der Waals surface area contributed by atoms with Crippen molar-refractivity contribution in [3.63, 3.8) is 0 Å². The first-order chi connectivity index (χ1) is 23.9. The van der Waals surface area contributed by atoms with E-state index in [1.54, 1.807) is 12.1 Å². The molecule has 7 rings (SSSR count). The van der Waals surface area contributed by atoms with E-state index >= 15 is 0 Å². The summed E-state index contributed by atoms with van der Waals surface area (Å²) in [4.78, 5) is 44.4. The predicted octanol–water partition coefficient (Wildman–Crippen LogP) is 6.98. The standard InChI is InChI=1S/C40H44Cl2N2O6/c1-24(2)23-44(35(47)21-28-10-12-30(41)31(42)20-28)32-14-16-40(50-26(4)46)34-22-29-11-13-33(48-25(3)45)37-36(29)39(40,38(32)49-37)17-19-43(34)18-15-27-8-6-5-7-9-27/h5-13,20,24,32,34,38H,14-19,21-23H2,1-4H3/t32-,34+,38-,39-,40+/m0/s1. The van der Waals surface area contributed by atoms with Gasteiger partial charge in [-0.3, -0.25) is 19.3 Å². The molecule has 8 nitrogen and oxygen atoms in total. The Morgan fingerprint density at radius 1 is 0.980 bits per heavy atom. The van der Waals surface area contributed by atoms with Crippen LogP contribution in [0.1, 0.15) is 69.2 Å². The number of nitrogens with zero attached hydrogens (tertiary/aromatic N) is 2. The summed E-state index contributed by atoms with van der Waals surface area (Å²) in [7, 11) is 0. The first-order valence-corrected chi connectivity index (χ1v) is 18.4. The first kappa shape index (κ1) is 34.8. The topological polar surface area (TPSA) is 85.4 Å². The number of carbonyl (C=O) groups excluding carboxylic acids is 3. The molecule has 2 aliphatic carbocycles. The zero-order valence-electron chi connectivity index (χ0n) is 29.0. The van der Waals surface area contributed by atoms with Gasteiger partial charge in [0.05, 0.1) is 34.0 Å². The number of ether oxygens (including phenoxy) is 3. The van der Waals surface area contributed by atoms with Crippen LogP contribution in [0.4, 0.5) is 0 Å². The molecule has 1 saturated carbocycles. The lowest BCUT2D eigenvalue weighted by molar-refractivity contribution is -0.224. The highest BCUT2D eigenvalue weighted by Gasteiger charge is 2.75. The number of amides is 1. The molecule has 4 aliphatic rings. The molecule has 2 fully saturated rings. The zero-order valence-corrected chi connectivity index (χ0v) is 30.6. The molecule has 2 heterocycles. The van der Waals surface area contributed by atoms with E-state index in [4.69, 9.17) is 37.4 Å². The van der Waals surface area contributed by atoms with Gasteiger partial charge in [0.15, 0.2) is 11.5 Å². The van der Waals surface area contributed by atoms with Gasteiger partial charge in [-0.05, 0) is 79.5 Å². The van der Waals surface area contributed by atoms with E-state index in [0.717, 1.165) is 36.2 Å². The summed E-state index contributed by atoms with van der Waals surface area (Å²) in [5, 5.41) is 0.844. The van der Waals surface area contributed by atoms with Gasteiger partial charge in [-0.1, -0.05) is 79.5 Å². The van der Waals surface area contributed by atoms with Crippen molar-refractivity contribution >= 4 is 41.0 Å². The Hall–Kier alpha value is -3.59. The molecule has 264 valence electrons. The number of benzene rings is 3. The highest BCUT2D eigenvalue weighted by molar-refractivity contribution is 6.42. The van der Waals surface area contributed by atoms with E-state index in [9.17, 15) is 14.4 Å². The van der Waals surface area contributed by atoms with Crippen molar-refractivity contribution in [2.75, 3.05) is 19.6 Å². The third-order valence-electron chi connectivity index (χ3n) is 11.2. The van der Waals surface area contributed by atoms with Gasteiger partial charge in [0, 0.05) is 32.5 Å². The monoisotopic (exact) mass is 718 g/mol. The van der Waals surface area contributed by atoms with Gasteiger partial charge in [0.1, 0.15) is 11.7 Å². The van der Waals surface area contributed by atoms with E-state index in [-0.39, 0.29) is 36.3 Å². The maximum Gasteiger partial charge on any atom is 0.308 e. The Kier molecular flexibility index (Phi) is 9.42. The quantitative estimate of drug-likeness (QED) is 0.165. The molecule has 1 saturated heterocycles. The van der Waals surface area contributed by atoms with Crippen LogP contribution in [-0.4, -0.2) is 71.1 Å². The van der Waals surface area contributed by atoms with Gasteiger partial charge in [-0.2, -0.15) is 0 Å². The molecule has 5 atom stereocenters. The van der Waals surface area contributed by atoms with Crippen LogP contribution in [0.15, 0.2) is 60.7 Å². The second-order valence-corrected chi connectivity index (χ2v) is 15.5. The minimum atomic E-state index is -0.904. The molecule has 10 heteroatoms. The maximum absolute atomic E-state index is 14.4. The molecule has 1 spiro atoms. The largest absolute Gasteiger partial charge is 0.483 e. The van der Waals surface area contributed by atoms with Crippen molar-refractivity contribution in [3.05, 3.63) is 93.0 Å². The van der Waals surface area contributed by atoms with Crippen molar-refractivity contribution in [1.29, 1.82) is 0 Å². The normalized spacial score (nSPS) is 26.2. The van der Waals surface area contributed by atoms with Crippen LogP contribution in [0.2, 0.25) is 10.0 Å².